The normalized spacial score (nSPS) is 13.0. The highest BCUT2D eigenvalue weighted by molar-refractivity contribution is 9.10. The van der Waals surface area contributed by atoms with Gasteiger partial charge in [-0.15, -0.1) is 0 Å². The number of hydrogen-bond acceptors (Lipinski definition) is 3. The summed E-state index contributed by atoms with van der Waals surface area (Å²) in [6, 6.07) is 6.68. The van der Waals surface area contributed by atoms with Crippen molar-refractivity contribution in [3.05, 3.63) is 51.4 Å². The summed E-state index contributed by atoms with van der Waals surface area (Å²) in [6.45, 7) is 11.2. The van der Waals surface area contributed by atoms with Gasteiger partial charge < -0.3 is 9.30 Å². The van der Waals surface area contributed by atoms with Gasteiger partial charge in [0.25, 0.3) is 0 Å². The van der Waals surface area contributed by atoms with Gasteiger partial charge in [0.1, 0.15) is 5.65 Å². The molecule has 3 aromatic heterocycles. The number of fused-ring (bicyclic) bond motifs is 3. The van der Waals surface area contributed by atoms with Gasteiger partial charge in [-0.2, -0.15) is 9.61 Å². The van der Waals surface area contributed by atoms with Gasteiger partial charge in [-0.05, 0) is 57.9 Å². The Morgan fingerprint density at radius 2 is 1.86 bits per heavy atom. The lowest BCUT2D eigenvalue weighted by atomic mass is 9.99. The van der Waals surface area contributed by atoms with Gasteiger partial charge in [-0.25, -0.2) is 4.98 Å². The molecule has 5 nitrogen and oxygen atoms in total. The fourth-order valence-electron chi connectivity index (χ4n) is 4.13. The topological polar surface area (TPSA) is 44.3 Å². The van der Waals surface area contributed by atoms with Gasteiger partial charge >= 0.3 is 0 Å². The van der Waals surface area contributed by atoms with Crippen molar-refractivity contribution in [2.24, 2.45) is 0 Å². The average molecular weight is 441 g/mol. The van der Waals surface area contributed by atoms with E-state index in [2.05, 4.69) is 79.5 Å². The van der Waals surface area contributed by atoms with Crippen LogP contribution in [0.25, 0.3) is 27.8 Å². The van der Waals surface area contributed by atoms with Crippen LogP contribution in [0.4, 0.5) is 0 Å². The van der Waals surface area contributed by atoms with Crippen LogP contribution in [0.2, 0.25) is 0 Å². The number of halogens is 1. The summed E-state index contributed by atoms with van der Waals surface area (Å²) in [5, 5.41) is 6.03. The average Bonchev–Trinajstić information content (AvgIpc) is 3.18. The zero-order chi connectivity index (χ0) is 20.2. The molecule has 0 radical (unpaired) electrons. The Kier molecular flexibility index (Phi) is 4.79. The van der Waals surface area contributed by atoms with Gasteiger partial charge in [0.15, 0.2) is 5.65 Å². The molecule has 6 heteroatoms. The molecule has 0 spiro atoms. The summed E-state index contributed by atoms with van der Waals surface area (Å²) in [5.74, 6) is 0. The number of hydrogen-bond donors (Lipinski definition) is 0. The molecule has 0 aliphatic carbocycles. The second kappa shape index (κ2) is 7.01. The van der Waals surface area contributed by atoms with Crippen LogP contribution in [0.5, 0.6) is 0 Å². The van der Waals surface area contributed by atoms with Crippen LogP contribution in [-0.4, -0.2) is 32.9 Å². The van der Waals surface area contributed by atoms with Crippen molar-refractivity contribution in [2.45, 2.75) is 40.7 Å². The first kappa shape index (κ1) is 19.2. The highest BCUT2D eigenvalue weighted by Crippen LogP contribution is 2.38. The lowest BCUT2D eigenvalue weighted by molar-refractivity contribution is 0.163. The molecule has 0 aliphatic rings. The smallest absolute Gasteiger partial charge is 0.165 e. The summed E-state index contributed by atoms with van der Waals surface area (Å²) in [6.07, 6.45) is 2.10. The molecule has 0 bridgehead atoms. The van der Waals surface area contributed by atoms with Crippen LogP contribution in [0.3, 0.4) is 0 Å². The van der Waals surface area contributed by atoms with E-state index in [-0.39, 0.29) is 6.04 Å². The molecule has 0 N–H and O–H groups in total. The van der Waals surface area contributed by atoms with Crippen molar-refractivity contribution < 1.29 is 4.74 Å². The number of aryl methyl sites for hydroxylation is 4. The fourth-order valence-corrected chi connectivity index (χ4v) is 5.00. The maximum absolute atomic E-state index is 5.39. The summed E-state index contributed by atoms with van der Waals surface area (Å²) < 4.78 is 10.7. The maximum atomic E-state index is 5.39. The number of ether oxygens (including phenoxy) is 1. The van der Waals surface area contributed by atoms with Crippen LogP contribution >= 0.6 is 15.9 Å². The summed E-state index contributed by atoms with van der Waals surface area (Å²) in [5.41, 5.74) is 8.62. The largest absolute Gasteiger partial charge is 0.383 e. The van der Waals surface area contributed by atoms with Crippen molar-refractivity contribution in [3.8, 4) is 11.1 Å². The van der Waals surface area contributed by atoms with E-state index >= 15 is 0 Å². The predicted octanol–water partition coefficient (Wildman–Crippen LogP) is 5.55. The zero-order valence-electron chi connectivity index (χ0n) is 17.2. The van der Waals surface area contributed by atoms with Crippen molar-refractivity contribution in [3.63, 3.8) is 0 Å². The number of methoxy groups -OCH3 is 1. The Labute approximate surface area is 173 Å². The minimum Gasteiger partial charge on any atom is -0.383 e. The minimum atomic E-state index is 0.202. The molecule has 1 unspecified atom stereocenters. The van der Waals surface area contributed by atoms with Gasteiger partial charge in [0, 0.05) is 28.7 Å². The molecule has 1 aromatic carbocycles. The van der Waals surface area contributed by atoms with Crippen LogP contribution in [0, 0.1) is 27.7 Å². The lowest BCUT2D eigenvalue weighted by Crippen LogP contribution is -2.12. The highest BCUT2D eigenvalue weighted by atomic mass is 79.9. The Morgan fingerprint density at radius 3 is 2.54 bits per heavy atom. The molecule has 0 aliphatic heterocycles. The van der Waals surface area contributed by atoms with Crippen molar-refractivity contribution >= 4 is 32.6 Å². The van der Waals surface area contributed by atoms with E-state index in [1.807, 2.05) is 4.52 Å². The molecule has 0 fully saturated rings. The number of aromatic nitrogens is 4. The van der Waals surface area contributed by atoms with E-state index in [0.29, 0.717) is 6.61 Å². The van der Waals surface area contributed by atoms with E-state index in [9.17, 15) is 0 Å². The van der Waals surface area contributed by atoms with Crippen LogP contribution < -0.4 is 0 Å². The van der Waals surface area contributed by atoms with E-state index in [4.69, 9.17) is 14.8 Å². The van der Waals surface area contributed by atoms with Crippen LogP contribution in [-0.2, 0) is 4.74 Å². The number of benzene rings is 1. The molecule has 1 atom stereocenters. The summed E-state index contributed by atoms with van der Waals surface area (Å²) in [7, 11) is 1.73. The molecular weight excluding hydrogens is 416 g/mol. The SMILES string of the molecule is COCC(C)n1ccc2c(C)nc3c(-c4c(C)cc(C)cc4Br)c(C)nn3c21. The van der Waals surface area contributed by atoms with Crippen molar-refractivity contribution in [1.82, 2.24) is 19.2 Å². The quantitative estimate of drug-likeness (QED) is 0.417. The summed E-state index contributed by atoms with van der Waals surface area (Å²) in [4.78, 5) is 4.96. The third-order valence-corrected chi connectivity index (χ3v) is 5.98. The van der Waals surface area contributed by atoms with Gasteiger partial charge in [-0.1, -0.05) is 22.0 Å². The van der Waals surface area contributed by atoms with E-state index in [0.717, 1.165) is 43.7 Å². The molecule has 3 heterocycles. The zero-order valence-corrected chi connectivity index (χ0v) is 18.8. The van der Waals surface area contributed by atoms with Crippen LogP contribution in [0.1, 0.15) is 35.5 Å². The Hall–Kier alpha value is -2.18. The molecule has 28 heavy (non-hydrogen) atoms. The molecule has 0 saturated heterocycles. The van der Waals surface area contributed by atoms with Crippen LogP contribution in [0.15, 0.2) is 28.9 Å². The van der Waals surface area contributed by atoms with E-state index in [1.165, 1.54) is 11.1 Å². The first-order chi connectivity index (χ1) is 13.3. The minimum absolute atomic E-state index is 0.202. The lowest BCUT2D eigenvalue weighted by Gasteiger charge is -2.15. The standard InChI is InChI=1S/C22H25BrN4O/c1-12-9-13(2)19(18(23)10-12)20-16(5)25-27-21(20)24-15(4)17-7-8-26(22(17)27)14(3)11-28-6/h7-10,14H,11H2,1-6H3. The van der Waals surface area contributed by atoms with Crippen molar-refractivity contribution in [1.29, 1.82) is 0 Å². The molecule has 0 saturated carbocycles. The fraction of sp³-hybridized carbons (Fsp3) is 0.364. The molecule has 4 aromatic rings. The predicted molar refractivity (Wildman–Crippen MR) is 117 cm³/mol. The summed E-state index contributed by atoms with van der Waals surface area (Å²) >= 11 is 3.77. The third kappa shape index (κ3) is 2.86. The molecule has 146 valence electrons. The third-order valence-electron chi connectivity index (χ3n) is 5.35. The second-order valence-corrected chi connectivity index (χ2v) is 8.45. The first-order valence-corrected chi connectivity index (χ1v) is 10.2. The Morgan fingerprint density at radius 1 is 1.11 bits per heavy atom. The van der Waals surface area contributed by atoms with Gasteiger partial charge in [-0.3, -0.25) is 0 Å². The van der Waals surface area contributed by atoms with E-state index < -0.39 is 0 Å². The number of nitrogens with zero attached hydrogens (tertiary/aromatic N) is 4. The van der Waals surface area contributed by atoms with E-state index in [1.54, 1.807) is 7.11 Å². The van der Waals surface area contributed by atoms with Crippen molar-refractivity contribution in [2.75, 3.05) is 13.7 Å². The molecule has 4 rings (SSSR count). The second-order valence-electron chi connectivity index (χ2n) is 7.60. The molecule has 0 amide bonds. The number of rotatable bonds is 4. The molecular formula is C22H25BrN4O. The maximum Gasteiger partial charge on any atom is 0.165 e. The monoisotopic (exact) mass is 440 g/mol. The highest BCUT2D eigenvalue weighted by Gasteiger charge is 2.22. The van der Waals surface area contributed by atoms with Gasteiger partial charge in [0.05, 0.1) is 29.6 Å². The Bertz CT molecular complexity index is 1180. The Balaban J connectivity index is 2.09. The first-order valence-electron chi connectivity index (χ1n) is 9.46. The van der Waals surface area contributed by atoms with Gasteiger partial charge in [0.2, 0.25) is 0 Å².